The fourth-order valence-corrected chi connectivity index (χ4v) is 3.77. The van der Waals surface area contributed by atoms with Gasteiger partial charge in [-0.1, -0.05) is 0 Å². The zero-order chi connectivity index (χ0) is 15.6. The second kappa shape index (κ2) is 6.11. The lowest BCUT2D eigenvalue weighted by atomic mass is 10.1. The van der Waals surface area contributed by atoms with Crippen LogP contribution in [0.4, 0.5) is 4.39 Å². The minimum absolute atomic E-state index is 0.00506. The number of piperidine rings is 1. The first-order valence-corrected chi connectivity index (χ1v) is 8.32. The molecule has 0 bridgehead atoms. The number of sulfonamides is 1. The van der Waals surface area contributed by atoms with Crippen molar-refractivity contribution in [1.29, 1.82) is 0 Å². The fraction of sp³-hybridized carbons (Fsp3) is 0.500. The molecule has 1 aliphatic rings. The van der Waals surface area contributed by atoms with Crippen LogP contribution in [0, 0.1) is 12.7 Å². The normalized spacial score (nSPS) is 17.0. The van der Waals surface area contributed by atoms with Crippen LogP contribution in [-0.4, -0.2) is 38.4 Å². The number of hydrogen-bond donors (Lipinski definition) is 1. The molecule has 0 radical (unpaired) electrons. The maximum atomic E-state index is 13.2. The zero-order valence-corrected chi connectivity index (χ0v) is 12.9. The molecular weight excluding hydrogens is 295 g/mol. The summed E-state index contributed by atoms with van der Waals surface area (Å²) in [6, 6.07) is 3.54. The van der Waals surface area contributed by atoms with Gasteiger partial charge in [0.15, 0.2) is 0 Å². The van der Waals surface area contributed by atoms with Crippen molar-refractivity contribution in [1.82, 2.24) is 9.62 Å². The summed E-state index contributed by atoms with van der Waals surface area (Å²) >= 11 is 0. The first-order valence-electron chi connectivity index (χ1n) is 6.83. The lowest BCUT2D eigenvalue weighted by Crippen LogP contribution is -2.45. The monoisotopic (exact) mass is 314 g/mol. The van der Waals surface area contributed by atoms with Crippen LogP contribution in [-0.2, 0) is 14.8 Å². The first kappa shape index (κ1) is 15.9. The fourth-order valence-electron chi connectivity index (χ4n) is 2.38. The number of rotatable bonds is 3. The van der Waals surface area contributed by atoms with Crippen molar-refractivity contribution < 1.29 is 17.6 Å². The average molecular weight is 314 g/mol. The summed E-state index contributed by atoms with van der Waals surface area (Å²) in [7, 11) is -3.66. The maximum Gasteiger partial charge on any atom is 0.240 e. The van der Waals surface area contributed by atoms with Crippen molar-refractivity contribution in [2.24, 2.45) is 0 Å². The summed E-state index contributed by atoms with van der Waals surface area (Å²) in [4.78, 5) is 13.0. The molecule has 2 rings (SSSR count). The van der Waals surface area contributed by atoms with Crippen LogP contribution in [0.5, 0.6) is 0 Å². The molecule has 1 aromatic rings. The number of likely N-dealkylation sites (tertiary alicyclic amines) is 1. The van der Waals surface area contributed by atoms with Crippen LogP contribution >= 0.6 is 0 Å². The molecule has 1 heterocycles. The predicted octanol–water partition coefficient (Wildman–Crippen LogP) is 1.42. The topological polar surface area (TPSA) is 66.5 Å². The molecule has 0 aliphatic carbocycles. The number of amides is 1. The molecule has 1 N–H and O–H groups in total. The van der Waals surface area contributed by atoms with Crippen molar-refractivity contribution in [3.8, 4) is 0 Å². The number of benzene rings is 1. The van der Waals surface area contributed by atoms with E-state index in [0.29, 0.717) is 31.5 Å². The average Bonchev–Trinajstić information content (AvgIpc) is 2.42. The summed E-state index contributed by atoms with van der Waals surface area (Å²) in [5.74, 6) is -0.422. The second-order valence-corrected chi connectivity index (χ2v) is 7.03. The molecule has 0 unspecified atom stereocenters. The molecule has 0 aromatic heterocycles. The smallest absolute Gasteiger partial charge is 0.240 e. The van der Waals surface area contributed by atoms with E-state index in [4.69, 9.17) is 0 Å². The van der Waals surface area contributed by atoms with Crippen LogP contribution in [0.3, 0.4) is 0 Å². The number of carbonyl (C=O) groups excluding carboxylic acids is 1. The van der Waals surface area contributed by atoms with Crippen LogP contribution in [0.25, 0.3) is 0 Å². The Kier molecular flexibility index (Phi) is 4.63. The molecule has 1 amide bonds. The van der Waals surface area contributed by atoms with E-state index in [1.165, 1.54) is 26.0 Å². The predicted molar refractivity (Wildman–Crippen MR) is 76.7 cm³/mol. The number of nitrogens with one attached hydrogen (secondary N) is 1. The Morgan fingerprint density at radius 2 is 1.95 bits per heavy atom. The van der Waals surface area contributed by atoms with E-state index in [0.717, 1.165) is 6.07 Å². The molecule has 1 aromatic carbocycles. The Morgan fingerprint density at radius 3 is 2.48 bits per heavy atom. The number of hydrogen-bond acceptors (Lipinski definition) is 3. The first-order chi connectivity index (χ1) is 9.79. The van der Waals surface area contributed by atoms with Gasteiger partial charge in [-0.25, -0.2) is 17.5 Å². The maximum absolute atomic E-state index is 13.2. The van der Waals surface area contributed by atoms with Gasteiger partial charge in [0, 0.05) is 26.1 Å². The molecule has 0 atom stereocenters. The molecule has 5 nitrogen and oxygen atoms in total. The van der Waals surface area contributed by atoms with E-state index in [9.17, 15) is 17.6 Å². The largest absolute Gasteiger partial charge is 0.343 e. The Bertz CT molecular complexity index is 638. The van der Waals surface area contributed by atoms with Crippen molar-refractivity contribution in [2.75, 3.05) is 13.1 Å². The van der Waals surface area contributed by atoms with E-state index in [1.807, 2.05) is 0 Å². The van der Waals surface area contributed by atoms with Gasteiger partial charge in [-0.3, -0.25) is 4.79 Å². The Hall–Kier alpha value is -1.47. The summed E-state index contributed by atoms with van der Waals surface area (Å²) in [6.45, 7) is 4.13. The second-order valence-electron chi connectivity index (χ2n) is 5.31. The summed E-state index contributed by atoms with van der Waals surface area (Å²) in [6.07, 6.45) is 1.16. The number of carbonyl (C=O) groups is 1. The van der Waals surface area contributed by atoms with E-state index >= 15 is 0 Å². The molecule has 21 heavy (non-hydrogen) atoms. The van der Waals surface area contributed by atoms with Crippen molar-refractivity contribution in [3.63, 3.8) is 0 Å². The number of nitrogens with zero attached hydrogens (tertiary/aromatic N) is 1. The van der Waals surface area contributed by atoms with Gasteiger partial charge in [0.1, 0.15) is 5.82 Å². The lowest BCUT2D eigenvalue weighted by Gasteiger charge is -2.31. The van der Waals surface area contributed by atoms with Gasteiger partial charge < -0.3 is 4.90 Å². The minimum atomic E-state index is -3.66. The van der Waals surface area contributed by atoms with Crippen molar-refractivity contribution in [3.05, 3.63) is 29.6 Å². The standard InChI is InChI=1S/C14H19FN2O3S/c1-10-9-13(3-4-14(10)15)21(19,20)16-12-5-7-17(8-6-12)11(2)18/h3-4,9,12,16H,5-8H2,1-2H3. The molecule has 1 saturated heterocycles. The van der Waals surface area contributed by atoms with Crippen molar-refractivity contribution >= 4 is 15.9 Å². The van der Waals surface area contributed by atoms with Gasteiger partial charge in [0.25, 0.3) is 0 Å². The molecule has 1 aliphatic heterocycles. The summed E-state index contributed by atoms with van der Waals surface area (Å²) in [5, 5.41) is 0. The van der Waals surface area contributed by atoms with Crippen molar-refractivity contribution in [2.45, 2.75) is 37.6 Å². The Balaban J connectivity index is 2.05. The van der Waals surface area contributed by atoms with Gasteiger partial charge in [0.2, 0.25) is 15.9 Å². The highest BCUT2D eigenvalue weighted by molar-refractivity contribution is 7.89. The lowest BCUT2D eigenvalue weighted by molar-refractivity contribution is -0.129. The number of aryl methyl sites for hydroxylation is 1. The Morgan fingerprint density at radius 1 is 1.33 bits per heavy atom. The molecular formula is C14H19FN2O3S. The highest BCUT2D eigenvalue weighted by Gasteiger charge is 2.25. The third-order valence-electron chi connectivity index (χ3n) is 3.70. The van der Waals surface area contributed by atoms with E-state index in [2.05, 4.69) is 4.72 Å². The molecule has 7 heteroatoms. The van der Waals surface area contributed by atoms with E-state index in [-0.39, 0.29) is 16.8 Å². The van der Waals surface area contributed by atoms with Gasteiger partial charge in [-0.05, 0) is 43.5 Å². The number of halogens is 1. The van der Waals surface area contributed by atoms with Gasteiger partial charge in [0.05, 0.1) is 4.90 Å². The highest BCUT2D eigenvalue weighted by Crippen LogP contribution is 2.17. The molecule has 1 fully saturated rings. The van der Waals surface area contributed by atoms with Crippen LogP contribution < -0.4 is 4.72 Å². The third kappa shape index (κ3) is 3.79. The van der Waals surface area contributed by atoms with Gasteiger partial charge >= 0.3 is 0 Å². The molecule has 116 valence electrons. The quantitative estimate of drug-likeness (QED) is 0.917. The third-order valence-corrected chi connectivity index (χ3v) is 5.22. The SMILES string of the molecule is CC(=O)N1CCC(NS(=O)(=O)c2ccc(F)c(C)c2)CC1. The molecule has 0 spiro atoms. The Labute approximate surface area is 124 Å². The molecule has 0 saturated carbocycles. The minimum Gasteiger partial charge on any atom is -0.343 e. The van der Waals surface area contributed by atoms with Gasteiger partial charge in [-0.15, -0.1) is 0 Å². The zero-order valence-electron chi connectivity index (χ0n) is 12.1. The summed E-state index contributed by atoms with van der Waals surface area (Å²) in [5.41, 5.74) is 0.296. The van der Waals surface area contributed by atoms with E-state index < -0.39 is 15.8 Å². The van der Waals surface area contributed by atoms with Gasteiger partial charge in [-0.2, -0.15) is 0 Å². The van der Waals surface area contributed by atoms with Crippen LogP contribution in [0.2, 0.25) is 0 Å². The van der Waals surface area contributed by atoms with E-state index in [1.54, 1.807) is 4.90 Å². The highest BCUT2D eigenvalue weighted by atomic mass is 32.2. The van der Waals surface area contributed by atoms with Crippen LogP contribution in [0.1, 0.15) is 25.3 Å². The van der Waals surface area contributed by atoms with Crippen LogP contribution in [0.15, 0.2) is 23.1 Å². The summed E-state index contributed by atoms with van der Waals surface area (Å²) < 4.78 is 40.4.